The highest BCUT2D eigenvalue weighted by atomic mass is 32.1. The van der Waals surface area contributed by atoms with Gasteiger partial charge in [0, 0.05) is 18.4 Å². The number of rotatable bonds is 5. The number of nitrogens with one attached hydrogen (secondary N) is 1. The van der Waals surface area contributed by atoms with Gasteiger partial charge in [0.2, 0.25) is 5.91 Å². The van der Waals surface area contributed by atoms with Crippen LogP contribution in [-0.4, -0.2) is 17.4 Å². The van der Waals surface area contributed by atoms with Crippen LogP contribution in [0.3, 0.4) is 0 Å². The lowest BCUT2D eigenvalue weighted by molar-refractivity contribution is -0.126. The van der Waals surface area contributed by atoms with Gasteiger partial charge in [0.25, 0.3) is 0 Å². The minimum atomic E-state index is 0.0438. The Morgan fingerprint density at radius 3 is 2.67 bits per heavy atom. The van der Waals surface area contributed by atoms with Crippen LogP contribution in [0, 0.1) is 5.92 Å². The minimum Gasteiger partial charge on any atom is -0.355 e. The number of carbonyl (C=O) groups is 1. The Balaban J connectivity index is 1.46. The molecular formula is C23H26N2OS. The van der Waals surface area contributed by atoms with Gasteiger partial charge < -0.3 is 5.32 Å². The molecule has 0 saturated heterocycles. The number of carbonyl (C=O) groups excluding carboxylic acids is 1. The number of thiazole rings is 1. The highest BCUT2D eigenvalue weighted by Gasteiger charge is 2.34. The van der Waals surface area contributed by atoms with Gasteiger partial charge in [-0.1, -0.05) is 62.2 Å². The van der Waals surface area contributed by atoms with Gasteiger partial charge in [-0.3, -0.25) is 4.79 Å². The molecule has 0 unspecified atom stereocenters. The molecule has 3 atom stereocenters. The molecule has 0 radical (unpaired) electrons. The molecule has 0 spiro atoms. The second-order valence-corrected chi connectivity index (χ2v) is 8.64. The van der Waals surface area contributed by atoms with E-state index >= 15 is 0 Å². The van der Waals surface area contributed by atoms with Crippen molar-refractivity contribution in [3.63, 3.8) is 0 Å². The van der Waals surface area contributed by atoms with Gasteiger partial charge in [0.15, 0.2) is 0 Å². The minimum absolute atomic E-state index is 0.0438. The first kappa shape index (κ1) is 18.2. The SMILES string of the molecule is C[C@H](CNC(=O)[C@H]1CCCC[C@@H]1c1nc2ccccc2s1)c1ccccc1. The second kappa shape index (κ2) is 8.22. The summed E-state index contributed by atoms with van der Waals surface area (Å²) in [6.45, 7) is 2.85. The largest absolute Gasteiger partial charge is 0.355 e. The van der Waals surface area contributed by atoms with Crippen LogP contribution in [-0.2, 0) is 4.79 Å². The fourth-order valence-electron chi connectivity index (χ4n) is 4.07. The van der Waals surface area contributed by atoms with Gasteiger partial charge in [0.05, 0.1) is 15.2 Å². The van der Waals surface area contributed by atoms with Crippen molar-refractivity contribution in [2.75, 3.05) is 6.54 Å². The van der Waals surface area contributed by atoms with Crippen molar-refractivity contribution in [2.45, 2.75) is 44.4 Å². The first-order valence-corrected chi connectivity index (χ1v) is 10.7. The maximum Gasteiger partial charge on any atom is 0.223 e. The maximum absolute atomic E-state index is 13.0. The lowest BCUT2D eigenvalue weighted by Gasteiger charge is -2.29. The number of benzene rings is 2. The maximum atomic E-state index is 13.0. The van der Waals surface area contributed by atoms with Crippen molar-refractivity contribution in [3.8, 4) is 0 Å². The second-order valence-electron chi connectivity index (χ2n) is 7.57. The van der Waals surface area contributed by atoms with E-state index in [9.17, 15) is 4.79 Å². The molecule has 1 aromatic heterocycles. The van der Waals surface area contributed by atoms with Crippen molar-refractivity contribution in [1.29, 1.82) is 0 Å². The molecule has 140 valence electrons. The summed E-state index contributed by atoms with van der Waals surface area (Å²) in [5.41, 5.74) is 2.32. The summed E-state index contributed by atoms with van der Waals surface area (Å²) >= 11 is 1.76. The van der Waals surface area contributed by atoms with Crippen LogP contribution >= 0.6 is 11.3 Å². The standard InChI is InChI=1S/C23H26N2OS/c1-16(17-9-3-2-4-10-17)15-24-22(26)18-11-5-6-12-19(18)23-25-20-13-7-8-14-21(20)27-23/h2-4,7-10,13-14,16,18-19H,5-6,11-12,15H2,1H3,(H,24,26)/t16-,18+,19+/m1/s1. The third kappa shape index (κ3) is 4.06. The smallest absolute Gasteiger partial charge is 0.223 e. The van der Waals surface area contributed by atoms with Crippen LogP contribution in [0.5, 0.6) is 0 Å². The lowest BCUT2D eigenvalue weighted by atomic mass is 9.79. The Morgan fingerprint density at radius 1 is 1.11 bits per heavy atom. The zero-order valence-electron chi connectivity index (χ0n) is 15.7. The van der Waals surface area contributed by atoms with E-state index in [1.165, 1.54) is 16.7 Å². The van der Waals surface area contributed by atoms with Gasteiger partial charge in [-0.15, -0.1) is 11.3 Å². The normalized spacial score (nSPS) is 21.1. The topological polar surface area (TPSA) is 42.0 Å². The van der Waals surface area contributed by atoms with E-state index in [4.69, 9.17) is 4.98 Å². The Hall–Kier alpha value is -2.20. The van der Waals surface area contributed by atoms with Gasteiger partial charge in [-0.25, -0.2) is 4.98 Å². The molecule has 1 amide bonds. The molecule has 27 heavy (non-hydrogen) atoms. The number of amides is 1. The fourth-order valence-corrected chi connectivity index (χ4v) is 5.24. The molecule has 3 nitrogen and oxygen atoms in total. The molecule has 1 fully saturated rings. The number of fused-ring (bicyclic) bond motifs is 1. The predicted molar refractivity (Wildman–Crippen MR) is 112 cm³/mol. The number of nitrogens with zero attached hydrogens (tertiary/aromatic N) is 1. The summed E-state index contributed by atoms with van der Waals surface area (Å²) < 4.78 is 1.22. The van der Waals surface area contributed by atoms with Crippen molar-refractivity contribution < 1.29 is 4.79 Å². The number of para-hydroxylation sites is 1. The third-order valence-electron chi connectivity index (χ3n) is 5.68. The van der Waals surface area contributed by atoms with Gasteiger partial charge in [-0.05, 0) is 36.5 Å². The Bertz CT molecular complexity index is 872. The number of aromatic nitrogens is 1. The molecule has 1 aliphatic rings. The summed E-state index contributed by atoms with van der Waals surface area (Å²) in [6, 6.07) is 18.7. The summed E-state index contributed by atoms with van der Waals surface area (Å²) in [5, 5.41) is 4.35. The number of hydrogen-bond acceptors (Lipinski definition) is 3. The van der Waals surface area contributed by atoms with Crippen molar-refractivity contribution in [3.05, 3.63) is 65.2 Å². The first-order chi connectivity index (χ1) is 13.2. The monoisotopic (exact) mass is 378 g/mol. The molecule has 4 heteroatoms. The molecule has 2 aromatic carbocycles. The highest BCUT2D eigenvalue weighted by molar-refractivity contribution is 7.18. The highest BCUT2D eigenvalue weighted by Crippen LogP contribution is 2.40. The van der Waals surface area contributed by atoms with Crippen LogP contribution in [0.25, 0.3) is 10.2 Å². The third-order valence-corrected chi connectivity index (χ3v) is 6.85. The van der Waals surface area contributed by atoms with Crippen molar-refractivity contribution in [1.82, 2.24) is 10.3 Å². The average molecular weight is 379 g/mol. The predicted octanol–water partition coefficient (Wildman–Crippen LogP) is 5.49. The summed E-state index contributed by atoms with van der Waals surface area (Å²) in [4.78, 5) is 17.8. The summed E-state index contributed by atoms with van der Waals surface area (Å²) in [7, 11) is 0. The van der Waals surface area contributed by atoms with Crippen LogP contribution in [0.15, 0.2) is 54.6 Å². The van der Waals surface area contributed by atoms with Crippen LogP contribution < -0.4 is 5.32 Å². The quantitative estimate of drug-likeness (QED) is 0.638. The zero-order chi connectivity index (χ0) is 18.6. The molecule has 1 aliphatic carbocycles. The van der Waals surface area contributed by atoms with Crippen molar-refractivity contribution >= 4 is 27.5 Å². The molecule has 1 N–H and O–H groups in total. The Morgan fingerprint density at radius 2 is 1.85 bits per heavy atom. The molecule has 4 rings (SSSR count). The van der Waals surface area contributed by atoms with E-state index in [2.05, 4.69) is 54.7 Å². The summed E-state index contributed by atoms with van der Waals surface area (Å²) in [5.74, 6) is 0.812. The zero-order valence-corrected chi connectivity index (χ0v) is 16.5. The molecule has 3 aromatic rings. The van der Waals surface area contributed by atoms with Crippen LogP contribution in [0.4, 0.5) is 0 Å². The van der Waals surface area contributed by atoms with Gasteiger partial charge >= 0.3 is 0 Å². The number of hydrogen-bond donors (Lipinski definition) is 1. The van der Waals surface area contributed by atoms with E-state index in [1.807, 2.05) is 12.1 Å². The lowest BCUT2D eigenvalue weighted by Crippen LogP contribution is -2.37. The fraction of sp³-hybridized carbons (Fsp3) is 0.391. The molecule has 1 heterocycles. The Kier molecular flexibility index (Phi) is 5.53. The molecular weight excluding hydrogens is 352 g/mol. The average Bonchev–Trinajstić information content (AvgIpc) is 3.16. The van der Waals surface area contributed by atoms with E-state index in [1.54, 1.807) is 11.3 Å². The molecule has 0 bridgehead atoms. The van der Waals surface area contributed by atoms with E-state index in [0.29, 0.717) is 12.5 Å². The van der Waals surface area contributed by atoms with Crippen LogP contribution in [0.1, 0.15) is 55.0 Å². The van der Waals surface area contributed by atoms with Gasteiger partial charge in [0.1, 0.15) is 0 Å². The molecule has 0 aliphatic heterocycles. The van der Waals surface area contributed by atoms with E-state index in [0.717, 1.165) is 29.8 Å². The Labute approximate surface area is 164 Å². The van der Waals surface area contributed by atoms with Gasteiger partial charge in [-0.2, -0.15) is 0 Å². The van der Waals surface area contributed by atoms with Crippen LogP contribution in [0.2, 0.25) is 0 Å². The first-order valence-electron chi connectivity index (χ1n) is 9.90. The van der Waals surface area contributed by atoms with E-state index < -0.39 is 0 Å². The molecule has 1 saturated carbocycles. The van der Waals surface area contributed by atoms with E-state index in [-0.39, 0.29) is 17.7 Å². The van der Waals surface area contributed by atoms with Crippen molar-refractivity contribution in [2.24, 2.45) is 5.92 Å². The summed E-state index contributed by atoms with van der Waals surface area (Å²) in [6.07, 6.45) is 4.34.